The van der Waals surface area contributed by atoms with Gasteiger partial charge in [0.05, 0.1) is 0 Å². The largest absolute Gasteiger partial charge is 0.504 e. The van der Waals surface area contributed by atoms with Gasteiger partial charge in [-0.15, -0.1) is 0 Å². The summed E-state index contributed by atoms with van der Waals surface area (Å²) in [5.41, 5.74) is 0. The Labute approximate surface area is 96.3 Å². The van der Waals surface area contributed by atoms with E-state index in [1.54, 1.807) is 18.2 Å². The van der Waals surface area contributed by atoms with Crippen molar-refractivity contribution in [3.05, 3.63) is 53.0 Å². The van der Waals surface area contributed by atoms with Gasteiger partial charge in [-0.1, -0.05) is 34.1 Å². The highest BCUT2D eigenvalue weighted by Gasteiger charge is 2.03. The average molecular weight is 265 g/mol. The second-order valence-electron chi connectivity index (χ2n) is 3.03. The lowest BCUT2D eigenvalue weighted by molar-refractivity contribution is 0.411. The van der Waals surface area contributed by atoms with Gasteiger partial charge in [0.1, 0.15) is 5.75 Å². The summed E-state index contributed by atoms with van der Waals surface area (Å²) in [5, 5.41) is 9.55. The van der Waals surface area contributed by atoms with E-state index in [0.717, 1.165) is 4.47 Å². The summed E-state index contributed by atoms with van der Waals surface area (Å²) < 4.78 is 6.38. The number of ether oxygens (including phenoxy) is 1. The molecule has 76 valence electrons. The van der Waals surface area contributed by atoms with Gasteiger partial charge >= 0.3 is 0 Å². The second-order valence-corrected chi connectivity index (χ2v) is 3.94. The lowest BCUT2D eigenvalue weighted by Gasteiger charge is -2.07. The van der Waals surface area contributed by atoms with Crippen molar-refractivity contribution in [2.24, 2.45) is 0 Å². The average Bonchev–Trinajstić information content (AvgIpc) is 2.25. The first kappa shape index (κ1) is 10.1. The Hall–Kier alpha value is -1.48. The summed E-state index contributed by atoms with van der Waals surface area (Å²) in [7, 11) is 0. The maximum atomic E-state index is 9.55. The molecule has 2 nitrogen and oxygen atoms in total. The fraction of sp³-hybridized carbons (Fsp3) is 0. The van der Waals surface area contributed by atoms with E-state index >= 15 is 0 Å². The molecule has 0 aliphatic rings. The van der Waals surface area contributed by atoms with Gasteiger partial charge in [0.25, 0.3) is 0 Å². The SMILES string of the molecule is Oc1ccc(Br)cc1Oc1ccccc1. The molecule has 0 spiro atoms. The number of benzene rings is 2. The van der Waals surface area contributed by atoms with Gasteiger partial charge in [0.2, 0.25) is 0 Å². The Bertz CT molecular complexity index is 454. The Morgan fingerprint density at radius 1 is 1.00 bits per heavy atom. The van der Waals surface area contributed by atoms with Gasteiger partial charge in [-0.25, -0.2) is 0 Å². The first-order chi connectivity index (χ1) is 7.25. The molecule has 0 atom stereocenters. The smallest absolute Gasteiger partial charge is 0.170 e. The summed E-state index contributed by atoms with van der Waals surface area (Å²) in [5.74, 6) is 1.27. The molecule has 0 saturated heterocycles. The van der Waals surface area contributed by atoms with Crippen LogP contribution in [-0.2, 0) is 0 Å². The van der Waals surface area contributed by atoms with Crippen molar-refractivity contribution in [1.29, 1.82) is 0 Å². The van der Waals surface area contributed by atoms with Gasteiger partial charge in [-0.2, -0.15) is 0 Å². The molecule has 2 rings (SSSR count). The van der Waals surface area contributed by atoms with Crippen LogP contribution in [0.1, 0.15) is 0 Å². The molecule has 0 bridgehead atoms. The summed E-state index contributed by atoms with van der Waals surface area (Å²) in [6.07, 6.45) is 0. The van der Waals surface area contributed by atoms with Crippen LogP contribution in [-0.4, -0.2) is 5.11 Å². The van der Waals surface area contributed by atoms with Crippen LogP contribution in [0.25, 0.3) is 0 Å². The Morgan fingerprint density at radius 2 is 1.73 bits per heavy atom. The zero-order chi connectivity index (χ0) is 10.7. The standard InChI is InChI=1S/C12H9BrO2/c13-9-6-7-11(14)12(8-9)15-10-4-2-1-3-5-10/h1-8,14H. The monoisotopic (exact) mass is 264 g/mol. The number of hydrogen-bond donors (Lipinski definition) is 1. The molecule has 15 heavy (non-hydrogen) atoms. The molecule has 0 unspecified atom stereocenters. The van der Waals surface area contributed by atoms with E-state index in [-0.39, 0.29) is 5.75 Å². The summed E-state index contributed by atoms with van der Waals surface area (Å²) in [6.45, 7) is 0. The van der Waals surface area contributed by atoms with Crippen molar-refractivity contribution in [1.82, 2.24) is 0 Å². The fourth-order valence-corrected chi connectivity index (χ4v) is 1.53. The van der Waals surface area contributed by atoms with Crippen molar-refractivity contribution in [3.63, 3.8) is 0 Å². The number of rotatable bonds is 2. The molecule has 2 aromatic carbocycles. The fourth-order valence-electron chi connectivity index (χ4n) is 1.19. The minimum absolute atomic E-state index is 0.127. The van der Waals surface area contributed by atoms with E-state index in [1.165, 1.54) is 0 Å². The summed E-state index contributed by atoms with van der Waals surface area (Å²) in [6, 6.07) is 14.4. The third-order valence-electron chi connectivity index (χ3n) is 1.89. The highest BCUT2D eigenvalue weighted by molar-refractivity contribution is 9.10. The van der Waals surface area contributed by atoms with E-state index in [4.69, 9.17) is 4.74 Å². The van der Waals surface area contributed by atoms with Crippen LogP contribution in [0, 0.1) is 0 Å². The maximum absolute atomic E-state index is 9.55. The number of phenolic OH excluding ortho intramolecular Hbond substituents is 1. The predicted molar refractivity (Wildman–Crippen MR) is 62.3 cm³/mol. The van der Waals surface area contributed by atoms with E-state index < -0.39 is 0 Å². The van der Waals surface area contributed by atoms with Crippen molar-refractivity contribution in [2.75, 3.05) is 0 Å². The quantitative estimate of drug-likeness (QED) is 0.890. The van der Waals surface area contributed by atoms with Crippen LogP contribution >= 0.6 is 15.9 Å². The molecular weight excluding hydrogens is 256 g/mol. The van der Waals surface area contributed by atoms with Crippen LogP contribution in [0.3, 0.4) is 0 Å². The number of halogens is 1. The molecule has 0 aromatic heterocycles. The minimum Gasteiger partial charge on any atom is -0.504 e. The van der Waals surface area contributed by atoms with Gasteiger partial charge in [-0.05, 0) is 30.3 Å². The second kappa shape index (κ2) is 4.36. The topological polar surface area (TPSA) is 29.5 Å². The zero-order valence-electron chi connectivity index (χ0n) is 7.85. The first-order valence-corrected chi connectivity index (χ1v) is 5.26. The lowest BCUT2D eigenvalue weighted by Crippen LogP contribution is -1.84. The van der Waals surface area contributed by atoms with E-state index in [0.29, 0.717) is 11.5 Å². The number of para-hydroxylation sites is 1. The molecule has 0 heterocycles. The van der Waals surface area contributed by atoms with Crippen molar-refractivity contribution >= 4 is 15.9 Å². The normalized spacial score (nSPS) is 9.93. The van der Waals surface area contributed by atoms with Gasteiger partial charge in [0, 0.05) is 4.47 Å². The molecule has 0 saturated carbocycles. The number of hydrogen-bond acceptors (Lipinski definition) is 2. The van der Waals surface area contributed by atoms with E-state index in [2.05, 4.69) is 15.9 Å². The predicted octanol–water partition coefficient (Wildman–Crippen LogP) is 3.95. The molecule has 2 aromatic rings. The molecule has 0 aliphatic carbocycles. The molecule has 0 aliphatic heterocycles. The highest BCUT2D eigenvalue weighted by Crippen LogP contribution is 2.32. The minimum atomic E-state index is 0.127. The molecular formula is C12H9BrO2. The van der Waals surface area contributed by atoms with E-state index in [9.17, 15) is 5.11 Å². The first-order valence-electron chi connectivity index (χ1n) is 4.47. The Kier molecular flexibility index (Phi) is 2.92. The third kappa shape index (κ3) is 2.50. The van der Waals surface area contributed by atoms with Crippen LogP contribution in [0.2, 0.25) is 0 Å². The van der Waals surface area contributed by atoms with Gasteiger partial charge in [0.15, 0.2) is 11.5 Å². The van der Waals surface area contributed by atoms with Crippen LogP contribution in [0.4, 0.5) is 0 Å². The zero-order valence-corrected chi connectivity index (χ0v) is 9.44. The summed E-state index contributed by atoms with van der Waals surface area (Å²) in [4.78, 5) is 0. The molecule has 1 N–H and O–H groups in total. The number of phenols is 1. The lowest BCUT2D eigenvalue weighted by atomic mass is 10.3. The van der Waals surface area contributed by atoms with Gasteiger partial charge in [-0.3, -0.25) is 0 Å². The van der Waals surface area contributed by atoms with Crippen LogP contribution in [0.5, 0.6) is 17.2 Å². The molecule has 0 amide bonds. The maximum Gasteiger partial charge on any atom is 0.170 e. The Balaban J connectivity index is 2.28. The van der Waals surface area contributed by atoms with Crippen molar-refractivity contribution < 1.29 is 9.84 Å². The van der Waals surface area contributed by atoms with Gasteiger partial charge < -0.3 is 9.84 Å². The van der Waals surface area contributed by atoms with Crippen LogP contribution in [0.15, 0.2) is 53.0 Å². The van der Waals surface area contributed by atoms with Crippen molar-refractivity contribution in [2.45, 2.75) is 0 Å². The molecule has 0 radical (unpaired) electrons. The summed E-state index contributed by atoms with van der Waals surface area (Å²) >= 11 is 3.32. The molecule has 0 fully saturated rings. The van der Waals surface area contributed by atoms with E-state index in [1.807, 2.05) is 30.3 Å². The number of aromatic hydroxyl groups is 1. The van der Waals surface area contributed by atoms with Crippen molar-refractivity contribution in [3.8, 4) is 17.2 Å². The highest BCUT2D eigenvalue weighted by atomic mass is 79.9. The van der Waals surface area contributed by atoms with Crippen LogP contribution < -0.4 is 4.74 Å². The third-order valence-corrected chi connectivity index (χ3v) is 2.39. The Morgan fingerprint density at radius 3 is 2.47 bits per heavy atom. The molecule has 3 heteroatoms.